The Morgan fingerprint density at radius 1 is 1.23 bits per heavy atom. The van der Waals surface area contributed by atoms with E-state index in [1.54, 1.807) is 6.92 Å². The van der Waals surface area contributed by atoms with Gasteiger partial charge in [0.05, 0.1) is 18.1 Å². The molecule has 3 fully saturated rings. The van der Waals surface area contributed by atoms with Crippen LogP contribution in [0.5, 0.6) is 0 Å². The Morgan fingerprint density at radius 2 is 2.00 bits per heavy atom. The second kappa shape index (κ2) is 9.07. The summed E-state index contributed by atoms with van der Waals surface area (Å²) in [6, 6.07) is 6.19. The molecule has 1 saturated carbocycles. The molecule has 0 radical (unpaired) electrons. The van der Waals surface area contributed by atoms with E-state index in [0.717, 1.165) is 75.8 Å². The molecule has 7 heteroatoms. The minimum Gasteiger partial charge on any atom is -0.450 e. The first kappa shape index (κ1) is 21.9. The van der Waals surface area contributed by atoms with Gasteiger partial charge in [-0.3, -0.25) is 10.1 Å². The summed E-state index contributed by atoms with van der Waals surface area (Å²) in [6.07, 6.45) is 5.68. The number of hydrogen-bond acceptors (Lipinski definition) is 5. The summed E-state index contributed by atoms with van der Waals surface area (Å²) >= 11 is 0. The number of carbonyl (C=O) groups is 2. The van der Waals surface area contributed by atoms with Crippen LogP contribution in [-0.2, 0) is 9.53 Å². The van der Waals surface area contributed by atoms with Crippen LogP contribution in [0.1, 0.15) is 57.4 Å². The third-order valence-corrected chi connectivity index (χ3v) is 7.29. The quantitative estimate of drug-likeness (QED) is 0.763. The summed E-state index contributed by atoms with van der Waals surface area (Å²) in [4.78, 5) is 29.7. The standard InChI is InChI=1S/C24H35N3O4/c1-3-31-23(30)25-18-5-10-21(17(2)15-18)26-13-4-11-24(16-26)12-14-27(22(24)29)19-6-8-20(28)9-7-19/h5,10,15,19-20,28H,3-4,6-9,11-14,16H2,1-2H3,(H,25,30)/t19?,20?,24-/m1/s1. The van der Waals surface area contributed by atoms with Gasteiger partial charge in [0.15, 0.2) is 0 Å². The predicted octanol–water partition coefficient (Wildman–Crippen LogP) is 3.69. The number of aliphatic hydroxyl groups is 1. The van der Waals surface area contributed by atoms with Gasteiger partial charge in [-0.1, -0.05) is 0 Å². The van der Waals surface area contributed by atoms with E-state index in [1.165, 1.54) is 0 Å². The molecule has 0 unspecified atom stereocenters. The number of ether oxygens (including phenoxy) is 1. The SMILES string of the molecule is CCOC(=O)Nc1ccc(N2CCC[C@@]3(CCN(C4CCC(O)CC4)C3=O)C2)c(C)c1. The van der Waals surface area contributed by atoms with Crippen molar-refractivity contribution in [2.24, 2.45) is 5.41 Å². The van der Waals surface area contributed by atoms with E-state index in [4.69, 9.17) is 4.74 Å². The maximum absolute atomic E-state index is 13.5. The van der Waals surface area contributed by atoms with Crippen LogP contribution in [0.4, 0.5) is 16.2 Å². The number of carbonyl (C=O) groups excluding carboxylic acids is 2. The minimum atomic E-state index is -0.446. The van der Waals surface area contributed by atoms with Crippen molar-refractivity contribution in [1.29, 1.82) is 0 Å². The third kappa shape index (κ3) is 4.52. The van der Waals surface area contributed by atoms with E-state index in [0.29, 0.717) is 24.2 Å². The molecule has 170 valence electrons. The molecular weight excluding hydrogens is 394 g/mol. The van der Waals surface area contributed by atoms with Gasteiger partial charge in [0, 0.05) is 37.1 Å². The van der Waals surface area contributed by atoms with E-state index in [-0.39, 0.29) is 11.5 Å². The Morgan fingerprint density at radius 3 is 2.71 bits per heavy atom. The van der Waals surface area contributed by atoms with E-state index in [1.807, 2.05) is 25.1 Å². The molecule has 1 aromatic rings. The van der Waals surface area contributed by atoms with Gasteiger partial charge >= 0.3 is 6.09 Å². The molecule has 2 amide bonds. The number of aryl methyl sites for hydroxylation is 1. The van der Waals surface area contributed by atoms with Crippen LogP contribution in [0.15, 0.2) is 18.2 Å². The van der Waals surface area contributed by atoms with Gasteiger partial charge in [-0.15, -0.1) is 0 Å². The molecule has 7 nitrogen and oxygen atoms in total. The van der Waals surface area contributed by atoms with Crippen LogP contribution in [0.2, 0.25) is 0 Å². The van der Waals surface area contributed by atoms with E-state index >= 15 is 0 Å². The van der Waals surface area contributed by atoms with Crippen LogP contribution >= 0.6 is 0 Å². The Labute approximate surface area is 184 Å². The van der Waals surface area contributed by atoms with Crippen molar-refractivity contribution in [1.82, 2.24) is 4.90 Å². The van der Waals surface area contributed by atoms with Crippen LogP contribution in [-0.4, -0.2) is 60.4 Å². The lowest BCUT2D eigenvalue weighted by Gasteiger charge is -2.42. The zero-order valence-corrected chi connectivity index (χ0v) is 18.7. The maximum Gasteiger partial charge on any atom is 0.411 e. The summed E-state index contributed by atoms with van der Waals surface area (Å²) in [5, 5.41) is 12.6. The smallest absolute Gasteiger partial charge is 0.411 e. The molecule has 1 aromatic carbocycles. The molecule has 1 spiro atoms. The molecule has 31 heavy (non-hydrogen) atoms. The Bertz CT molecular complexity index is 821. The largest absolute Gasteiger partial charge is 0.450 e. The average Bonchev–Trinajstić information content (AvgIpc) is 3.04. The minimum absolute atomic E-state index is 0.197. The van der Waals surface area contributed by atoms with Gasteiger partial charge in [-0.05, 0) is 82.6 Å². The average molecular weight is 430 g/mol. The molecule has 1 aliphatic carbocycles. The van der Waals surface area contributed by atoms with Crippen molar-refractivity contribution in [3.8, 4) is 0 Å². The molecule has 4 rings (SSSR count). The van der Waals surface area contributed by atoms with Crippen molar-refractivity contribution < 1.29 is 19.4 Å². The molecule has 2 aliphatic heterocycles. The van der Waals surface area contributed by atoms with Crippen molar-refractivity contribution in [2.75, 3.05) is 36.5 Å². The monoisotopic (exact) mass is 429 g/mol. The van der Waals surface area contributed by atoms with Gasteiger partial charge < -0.3 is 19.6 Å². The van der Waals surface area contributed by atoms with Crippen molar-refractivity contribution in [3.63, 3.8) is 0 Å². The zero-order chi connectivity index (χ0) is 22.0. The fourth-order valence-electron chi connectivity index (χ4n) is 5.65. The fourth-order valence-corrected chi connectivity index (χ4v) is 5.65. The lowest BCUT2D eigenvalue weighted by Crippen LogP contribution is -2.50. The topological polar surface area (TPSA) is 82.1 Å². The molecule has 0 aromatic heterocycles. The lowest BCUT2D eigenvalue weighted by atomic mass is 9.78. The Hall–Kier alpha value is -2.28. The number of benzene rings is 1. The van der Waals surface area contributed by atoms with Crippen LogP contribution in [0.3, 0.4) is 0 Å². The second-order valence-corrected chi connectivity index (χ2v) is 9.36. The van der Waals surface area contributed by atoms with Gasteiger partial charge in [-0.2, -0.15) is 0 Å². The first-order valence-electron chi connectivity index (χ1n) is 11.7. The summed E-state index contributed by atoms with van der Waals surface area (Å²) in [7, 11) is 0. The predicted molar refractivity (Wildman–Crippen MR) is 120 cm³/mol. The highest BCUT2D eigenvalue weighted by Gasteiger charge is 2.50. The highest BCUT2D eigenvalue weighted by atomic mass is 16.5. The van der Waals surface area contributed by atoms with E-state index < -0.39 is 6.09 Å². The van der Waals surface area contributed by atoms with Gasteiger partial charge in [0.25, 0.3) is 0 Å². The molecule has 2 saturated heterocycles. The molecule has 0 bridgehead atoms. The molecular formula is C24H35N3O4. The number of likely N-dealkylation sites (tertiary alicyclic amines) is 1. The highest BCUT2D eigenvalue weighted by molar-refractivity contribution is 5.87. The summed E-state index contributed by atoms with van der Waals surface area (Å²) < 4.78 is 4.96. The molecule has 2 N–H and O–H groups in total. The lowest BCUT2D eigenvalue weighted by molar-refractivity contribution is -0.139. The number of hydrogen-bond donors (Lipinski definition) is 2. The number of nitrogens with zero attached hydrogens (tertiary/aromatic N) is 2. The molecule has 3 aliphatic rings. The van der Waals surface area contributed by atoms with Crippen molar-refractivity contribution in [3.05, 3.63) is 23.8 Å². The highest BCUT2D eigenvalue weighted by Crippen LogP contribution is 2.44. The van der Waals surface area contributed by atoms with Gasteiger partial charge in [0.1, 0.15) is 0 Å². The van der Waals surface area contributed by atoms with Crippen LogP contribution in [0, 0.1) is 12.3 Å². The fraction of sp³-hybridized carbons (Fsp3) is 0.667. The second-order valence-electron chi connectivity index (χ2n) is 9.36. The number of anilines is 2. The van der Waals surface area contributed by atoms with Crippen molar-refractivity contribution in [2.45, 2.75) is 70.9 Å². The first-order chi connectivity index (χ1) is 14.9. The van der Waals surface area contributed by atoms with Gasteiger partial charge in [-0.25, -0.2) is 4.79 Å². The Kier molecular flexibility index (Phi) is 6.42. The van der Waals surface area contributed by atoms with E-state index in [2.05, 4.69) is 15.1 Å². The molecule has 2 heterocycles. The van der Waals surface area contributed by atoms with E-state index in [9.17, 15) is 14.7 Å². The third-order valence-electron chi connectivity index (χ3n) is 7.29. The number of piperidine rings is 1. The Balaban J connectivity index is 1.45. The normalized spacial score (nSPS) is 28.8. The summed E-state index contributed by atoms with van der Waals surface area (Å²) in [5.74, 6) is 0.317. The van der Waals surface area contributed by atoms with Crippen LogP contribution in [0.25, 0.3) is 0 Å². The first-order valence-corrected chi connectivity index (χ1v) is 11.7. The zero-order valence-electron chi connectivity index (χ0n) is 18.7. The number of amides is 2. The maximum atomic E-state index is 13.5. The number of nitrogens with one attached hydrogen (secondary N) is 1. The van der Waals surface area contributed by atoms with Crippen LogP contribution < -0.4 is 10.2 Å². The molecule has 1 atom stereocenters. The number of rotatable bonds is 4. The number of aliphatic hydroxyl groups excluding tert-OH is 1. The summed E-state index contributed by atoms with van der Waals surface area (Å²) in [5.41, 5.74) is 2.63. The van der Waals surface area contributed by atoms with Crippen molar-refractivity contribution >= 4 is 23.4 Å². The summed E-state index contributed by atoms with van der Waals surface area (Å²) in [6.45, 7) is 6.70. The van der Waals surface area contributed by atoms with Gasteiger partial charge in [0.2, 0.25) is 5.91 Å².